The van der Waals surface area contributed by atoms with Crippen LogP contribution in [0.4, 0.5) is 4.79 Å². The van der Waals surface area contributed by atoms with Crippen LogP contribution in [0.5, 0.6) is 0 Å². The number of hydrogen-bond acceptors (Lipinski definition) is 7. The Morgan fingerprint density at radius 2 is 1.69 bits per heavy atom. The summed E-state index contributed by atoms with van der Waals surface area (Å²) >= 11 is 1.54. The molecule has 1 aromatic rings. The van der Waals surface area contributed by atoms with Gasteiger partial charge in [-0.25, -0.2) is 4.79 Å². The molecule has 2 N–H and O–H groups in total. The largest absolute Gasteiger partial charge is 0.468 e. The molecule has 0 aliphatic rings. The highest BCUT2D eigenvalue weighted by atomic mass is 32.2. The molecular weight excluding hydrogens is 470 g/mol. The van der Waals surface area contributed by atoms with E-state index in [-0.39, 0.29) is 13.1 Å². The molecule has 0 saturated heterocycles. The minimum absolute atomic E-state index is 0.202. The van der Waals surface area contributed by atoms with E-state index in [9.17, 15) is 19.2 Å². The number of benzene rings is 1. The summed E-state index contributed by atoms with van der Waals surface area (Å²) in [6.07, 6.45) is 1.57. The fourth-order valence-electron chi connectivity index (χ4n) is 3.58. The number of carbonyl (C=O) groups excluding carboxylic acids is 4. The Balaban J connectivity index is 3.38. The van der Waals surface area contributed by atoms with Crippen molar-refractivity contribution in [3.05, 3.63) is 34.9 Å². The molecule has 0 saturated carbocycles. The summed E-state index contributed by atoms with van der Waals surface area (Å²) in [4.78, 5) is 52.6. The first-order chi connectivity index (χ1) is 16.3. The molecule has 10 heteroatoms. The average molecular weight is 510 g/mol. The maximum atomic E-state index is 13.7. The maximum absolute atomic E-state index is 13.7. The van der Waals surface area contributed by atoms with Crippen LogP contribution >= 0.6 is 11.8 Å². The highest BCUT2D eigenvalue weighted by molar-refractivity contribution is 7.98. The molecule has 0 spiro atoms. The number of carbonyl (C=O) groups is 4. The van der Waals surface area contributed by atoms with Crippen LogP contribution in [0.15, 0.2) is 18.2 Å². The molecule has 0 radical (unpaired) electrons. The number of aryl methyl sites for hydroxylation is 2. The lowest BCUT2D eigenvalue weighted by Gasteiger charge is -2.34. The van der Waals surface area contributed by atoms with Crippen molar-refractivity contribution in [2.45, 2.75) is 65.6 Å². The second kappa shape index (κ2) is 14.0. The normalized spacial score (nSPS) is 12.8. The van der Waals surface area contributed by atoms with Gasteiger partial charge < -0.3 is 25.0 Å². The van der Waals surface area contributed by atoms with Gasteiger partial charge in [0.1, 0.15) is 24.2 Å². The van der Waals surface area contributed by atoms with Gasteiger partial charge in [-0.15, -0.1) is 0 Å². The average Bonchev–Trinajstić information content (AvgIpc) is 2.75. The standard InChI is InChI=1S/C25H39N3O6S/c1-9-28(23(31)19(10-11-35-8)27-24(32)34-25(4,5)6)21(22(30)26-15-20(29)33-7)18-13-16(2)12-17(3)14-18/h12-14,19,21H,9-11,15H2,1-8H3,(H,26,30)(H,27,32). The fraction of sp³-hybridized carbons (Fsp3) is 0.600. The van der Waals surface area contributed by atoms with Crippen molar-refractivity contribution in [1.82, 2.24) is 15.5 Å². The Morgan fingerprint density at radius 3 is 2.17 bits per heavy atom. The van der Waals surface area contributed by atoms with Gasteiger partial charge in [-0.1, -0.05) is 29.3 Å². The van der Waals surface area contributed by atoms with Gasteiger partial charge >= 0.3 is 12.1 Å². The van der Waals surface area contributed by atoms with Crippen LogP contribution in [0.3, 0.4) is 0 Å². The zero-order valence-corrected chi connectivity index (χ0v) is 22.8. The summed E-state index contributed by atoms with van der Waals surface area (Å²) < 4.78 is 9.98. The molecule has 0 fully saturated rings. The number of nitrogens with zero attached hydrogens (tertiary/aromatic N) is 1. The molecule has 2 unspecified atom stereocenters. The van der Waals surface area contributed by atoms with Gasteiger partial charge in [0.15, 0.2) is 0 Å². The number of amides is 3. The van der Waals surface area contributed by atoms with Gasteiger partial charge in [-0.2, -0.15) is 11.8 Å². The fourth-order valence-corrected chi connectivity index (χ4v) is 4.05. The van der Waals surface area contributed by atoms with Crippen LogP contribution in [0.2, 0.25) is 0 Å². The number of thioether (sulfide) groups is 1. The van der Waals surface area contributed by atoms with E-state index in [1.165, 1.54) is 12.0 Å². The number of ether oxygens (including phenoxy) is 2. The third-order valence-electron chi connectivity index (χ3n) is 4.98. The number of rotatable bonds is 11. The monoisotopic (exact) mass is 509 g/mol. The van der Waals surface area contributed by atoms with E-state index in [1.807, 2.05) is 38.3 Å². The minimum atomic E-state index is -1.01. The topological polar surface area (TPSA) is 114 Å². The van der Waals surface area contributed by atoms with Crippen molar-refractivity contribution in [1.29, 1.82) is 0 Å². The highest BCUT2D eigenvalue weighted by Crippen LogP contribution is 2.25. The number of nitrogens with one attached hydrogen (secondary N) is 2. The van der Waals surface area contributed by atoms with Gasteiger partial charge in [0.05, 0.1) is 7.11 Å². The first kappa shape index (κ1) is 30.3. The summed E-state index contributed by atoms with van der Waals surface area (Å²) in [6.45, 7) is 10.7. The van der Waals surface area contributed by atoms with Crippen molar-refractivity contribution in [2.24, 2.45) is 0 Å². The van der Waals surface area contributed by atoms with E-state index >= 15 is 0 Å². The third-order valence-corrected chi connectivity index (χ3v) is 5.62. The van der Waals surface area contributed by atoms with Crippen LogP contribution in [0, 0.1) is 13.8 Å². The van der Waals surface area contributed by atoms with Crippen molar-refractivity contribution >= 4 is 35.6 Å². The Kier molecular flexibility index (Phi) is 12.1. The molecule has 1 aromatic carbocycles. The van der Waals surface area contributed by atoms with Crippen LogP contribution in [-0.2, 0) is 23.9 Å². The van der Waals surface area contributed by atoms with Crippen molar-refractivity contribution in [3.63, 3.8) is 0 Å². The number of alkyl carbamates (subject to hydrolysis) is 1. The first-order valence-corrected chi connectivity index (χ1v) is 12.9. The van der Waals surface area contributed by atoms with E-state index in [0.717, 1.165) is 11.1 Å². The third kappa shape index (κ3) is 10.2. The summed E-state index contributed by atoms with van der Waals surface area (Å²) in [5.74, 6) is -0.912. The molecule has 0 aliphatic heterocycles. The predicted octanol–water partition coefficient (Wildman–Crippen LogP) is 3.13. The Labute approximate surface area is 212 Å². The molecule has 0 bridgehead atoms. The van der Waals surface area contributed by atoms with Gasteiger partial charge in [-0.3, -0.25) is 14.4 Å². The van der Waals surface area contributed by atoms with Gasteiger partial charge in [0.25, 0.3) is 0 Å². The first-order valence-electron chi connectivity index (χ1n) is 11.5. The maximum Gasteiger partial charge on any atom is 0.408 e. The number of methoxy groups -OCH3 is 1. The summed E-state index contributed by atoms with van der Waals surface area (Å²) in [5.41, 5.74) is 1.75. The molecule has 196 valence electrons. The molecule has 2 atom stereocenters. The van der Waals surface area contributed by atoms with Gasteiger partial charge in [-0.05, 0) is 65.5 Å². The predicted molar refractivity (Wildman–Crippen MR) is 137 cm³/mol. The molecule has 0 aliphatic carbocycles. The van der Waals surface area contributed by atoms with E-state index in [0.29, 0.717) is 17.7 Å². The Bertz CT molecular complexity index is 879. The molecule has 0 heterocycles. The second-order valence-electron chi connectivity index (χ2n) is 9.22. The number of likely N-dealkylation sites (N-methyl/N-ethyl adjacent to an activating group) is 1. The number of esters is 1. The smallest absolute Gasteiger partial charge is 0.408 e. The number of hydrogen-bond donors (Lipinski definition) is 2. The van der Waals surface area contributed by atoms with Crippen LogP contribution in [0.1, 0.15) is 56.8 Å². The SMILES string of the molecule is CCN(C(=O)C(CCSC)NC(=O)OC(C)(C)C)C(C(=O)NCC(=O)OC)c1cc(C)cc(C)c1. The van der Waals surface area contributed by atoms with E-state index in [2.05, 4.69) is 15.4 Å². The van der Waals surface area contributed by atoms with Gasteiger partial charge in [0.2, 0.25) is 11.8 Å². The minimum Gasteiger partial charge on any atom is -0.468 e. The molecule has 1 rings (SSSR count). The molecule has 35 heavy (non-hydrogen) atoms. The van der Waals surface area contributed by atoms with Crippen molar-refractivity contribution in [3.8, 4) is 0 Å². The van der Waals surface area contributed by atoms with Crippen molar-refractivity contribution < 1.29 is 28.7 Å². The molecule has 9 nitrogen and oxygen atoms in total. The molecule has 0 aromatic heterocycles. The van der Waals surface area contributed by atoms with Crippen molar-refractivity contribution in [2.75, 3.05) is 32.2 Å². The van der Waals surface area contributed by atoms with E-state index in [4.69, 9.17) is 4.74 Å². The lowest BCUT2D eigenvalue weighted by molar-refractivity contribution is -0.144. The van der Waals surface area contributed by atoms with Crippen LogP contribution in [0.25, 0.3) is 0 Å². The summed E-state index contributed by atoms with van der Waals surface area (Å²) in [7, 11) is 1.23. The van der Waals surface area contributed by atoms with E-state index < -0.39 is 41.6 Å². The lowest BCUT2D eigenvalue weighted by atomic mass is 9.98. The Morgan fingerprint density at radius 1 is 1.09 bits per heavy atom. The van der Waals surface area contributed by atoms with Gasteiger partial charge in [0, 0.05) is 6.54 Å². The van der Waals surface area contributed by atoms with Crippen LogP contribution < -0.4 is 10.6 Å². The molecular formula is C25H39N3O6S. The van der Waals surface area contributed by atoms with E-state index in [1.54, 1.807) is 39.5 Å². The summed E-state index contributed by atoms with van der Waals surface area (Å²) in [5, 5.41) is 5.25. The quantitative estimate of drug-likeness (QED) is 0.441. The Hall–Kier alpha value is -2.75. The van der Waals surface area contributed by atoms with Crippen LogP contribution in [-0.4, -0.2) is 72.6 Å². The lowest BCUT2D eigenvalue weighted by Crippen LogP contribution is -2.53. The highest BCUT2D eigenvalue weighted by Gasteiger charge is 2.35. The zero-order chi connectivity index (χ0) is 26.8. The second-order valence-corrected chi connectivity index (χ2v) is 10.2. The summed E-state index contributed by atoms with van der Waals surface area (Å²) in [6, 6.07) is 3.75. The molecule has 3 amide bonds. The zero-order valence-electron chi connectivity index (χ0n) is 22.0.